The summed E-state index contributed by atoms with van der Waals surface area (Å²) in [6.07, 6.45) is 6.44. The van der Waals surface area contributed by atoms with Crippen LogP contribution in [0.2, 0.25) is 0 Å². The number of amides is 2. The SMILES string of the molecule is CCC(=O)N1CCCC(C(=O)N2CC[C@@]3(CO)CCC[C@@H]23)C1. The normalized spacial score (nSPS) is 34.8. The summed E-state index contributed by atoms with van der Waals surface area (Å²) < 4.78 is 0. The molecule has 3 fully saturated rings. The first-order valence-corrected chi connectivity index (χ1v) is 8.80. The summed E-state index contributed by atoms with van der Waals surface area (Å²) in [5.74, 6) is 0.333. The van der Waals surface area contributed by atoms with Gasteiger partial charge in [0.2, 0.25) is 11.8 Å². The molecule has 2 saturated heterocycles. The van der Waals surface area contributed by atoms with Crippen LogP contribution < -0.4 is 0 Å². The highest BCUT2D eigenvalue weighted by atomic mass is 16.3. The van der Waals surface area contributed by atoms with Crippen LogP contribution in [0.4, 0.5) is 0 Å². The molecule has 5 nitrogen and oxygen atoms in total. The van der Waals surface area contributed by atoms with Gasteiger partial charge in [-0.3, -0.25) is 9.59 Å². The van der Waals surface area contributed by atoms with Crippen LogP contribution in [0.1, 0.15) is 51.9 Å². The number of carbonyl (C=O) groups excluding carboxylic acids is 2. The van der Waals surface area contributed by atoms with E-state index < -0.39 is 0 Å². The number of aliphatic hydroxyl groups excluding tert-OH is 1. The fourth-order valence-electron chi connectivity index (χ4n) is 4.79. The van der Waals surface area contributed by atoms with Crippen LogP contribution in [-0.4, -0.2) is 59.0 Å². The maximum Gasteiger partial charge on any atom is 0.227 e. The number of aliphatic hydroxyl groups is 1. The van der Waals surface area contributed by atoms with Crippen molar-refractivity contribution in [2.45, 2.75) is 57.9 Å². The first-order valence-electron chi connectivity index (χ1n) is 8.80. The lowest BCUT2D eigenvalue weighted by Crippen LogP contribution is -2.49. The van der Waals surface area contributed by atoms with Gasteiger partial charge in [0.15, 0.2) is 0 Å². The Morgan fingerprint density at radius 3 is 2.73 bits per heavy atom. The van der Waals surface area contributed by atoms with Crippen LogP contribution in [0.25, 0.3) is 0 Å². The molecule has 3 rings (SSSR count). The Labute approximate surface area is 132 Å². The number of hydrogen-bond acceptors (Lipinski definition) is 3. The zero-order valence-corrected chi connectivity index (χ0v) is 13.6. The summed E-state index contributed by atoms with van der Waals surface area (Å²) in [4.78, 5) is 28.8. The van der Waals surface area contributed by atoms with Gasteiger partial charge in [0.25, 0.3) is 0 Å². The fraction of sp³-hybridized carbons (Fsp3) is 0.882. The van der Waals surface area contributed by atoms with E-state index in [4.69, 9.17) is 0 Å². The van der Waals surface area contributed by atoms with E-state index in [1.165, 1.54) is 0 Å². The second kappa shape index (κ2) is 6.19. The van der Waals surface area contributed by atoms with Crippen molar-refractivity contribution in [1.29, 1.82) is 0 Å². The minimum Gasteiger partial charge on any atom is -0.396 e. The van der Waals surface area contributed by atoms with Crippen molar-refractivity contribution in [3.63, 3.8) is 0 Å². The Kier molecular flexibility index (Phi) is 4.44. The first-order chi connectivity index (χ1) is 10.6. The molecule has 1 aliphatic carbocycles. The van der Waals surface area contributed by atoms with Gasteiger partial charge in [0.05, 0.1) is 12.5 Å². The lowest BCUT2D eigenvalue weighted by atomic mass is 9.83. The van der Waals surface area contributed by atoms with Gasteiger partial charge in [-0.15, -0.1) is 0 Å². The van der Waals surface area contributed by atoms with Gasteiger partial charge < -0.3 is 14.9 Å². The molecule has 0 bridgehead atoms. The summed E-state index contributed by atoms with van der Waals surface area (Å²) in [6.45, 7) is 4.23. The van der Waals surface area contributed by atoms with Gasteiger partial charge in [-0.1, -0.05) is 13.3 Å². The average molecular weight is 308 g/mol. The Hall–Kier alpha value is -1.10. The molecule has 1 N–H and O–H groups in total. The number of piperidine rings is 1. The van der Waals surface area contributed by atoms with Gasteiger partial charge in [0.1, 0.15) is 0 Å². The highest BCUT2D eigenvalue weighted by molar-refractivity contribution is 5.82. The Morgan fingerprint density at radius 1 is 1.18 bits per heavy atom. The van der Waals surface area contributed by atoms with Crippen LogP contribution in [0.3, 0.4) is 0 Å². The molecular formula is C17H28N2O3. The quantitative estimate of drug-likeness (QED) is 0.857. The van der Waals surface area contributed by atoms with E-state index in [0.29, 0.717) is 13.0 Å². The molecule has 1 unspecified atom stereocenters. The maximum atomic E-state index is 13.0. The molecule has 1 saturated carbocycles. The van der Waals surface area contributed by atoms with Crippen LogP contribution >= 0.6 is 0 Å². The van der Waals surface area contributed by atoms with Gasteiger partial charge >= 0.3 is 0 Å². The van der Waals surface area contributed by atoms with E-state index in [-0.39, 0.29) is 35.8 Å². The molecule has 22 heavy (non-hydrogen) atoms. The summed E-state index contributed by atoms with van der Waals surface area (Å²) in [5.41, 5.74) is -0.0384. The number of hydrogen-bond donors (Lipinski definition) is 1. The van der Waals surface area contributed by atoms with E-state index >= 15 is 0 Å². The van der Waals surface area contributed by atoms with E-state index in [2.05, 4.69) is 0 Å². The van der Waals surface area contributed by atoms with Crippen LogP contribution in [0, 0.1) is 11.3 Å². The Balaban J connectivity index is 1.68. The number of nitrogens with zero attached hydrogens (tertiary/aromatic N) is 2. The molecule has 124 valence electrons. The minimum absolute atomic E-state index is 0.0384. The monoisotopic (exact) mass is 308 g/mol. The van der Waals surface area contributed by atoms with Crippen LogP contribution in [-0.2, 0) is 9.59 Å². The lowest BCUT2D eigenvalue weighted by Gasteiger charge is -2.37. The molecule has 2 aliphatic heterocycles. The van der Waals surface area contributed by atoms with Gasteiger partial charge in [-0.05, 0) is 32.1 Å². The predicted octanol–water partition coefficient (Wildman–Crippen LogP) is 1.40. The summed E-state index contributed by atoms with van der Waals surface area (Å²) in [7, 11) is 0. The molecule has 0 aromatic rings. The summed E-state index contributed by atoms with van der Waals surface area (Å²) >= 11 is 0. The smallest absolute Gasteiger partial charge is 0.227 e. The van der Waals surface area contributed by atoms with Crippen molar-refractivity contribution in [3.8, 4) is 0 Å². The van der Waals surface area contributed by atoms with Crippen LogP contribution in [0.15, 0.2) is 0 Å². The van der Waals surface area contributed by atoms with Crippen molar-refractivity contribution in [2.24, 2.45) is 11.3 Å². The first kappa shape index (κ1) is 15.8. The Morgan fingerprint density at radius 2 is 2.00 bits per heavy atom. The third kappa shape index (κ3) is 2.53. The topological polar surface area (TPSA) is 60.9 Å². The lowest BCUT2D eigenvalue weighted by molar-refractivity contribution is -0.142. The predicted molar refractivity (Wildman–Crippen MR) is 83.1 cm³/mol. The molecular weight excluding hydrogens is 280 g/mol. The van der Waals surface area contributed by atoms with Crippen molar-refractivity contribution < 1.29 is 14.7 Å². The van der Waals surface area contributed by atoms with Gasteiger partial charge in [0, 0.05) is 37.5 Å². The number of carbonyl (C=O) groups is 2. The zero-order valence-electron chi connectivity index (χ0n) is 13.6. The van der Waals surface area contributed by atoms with E-state index in [1.54, 1.807) is 0 Å². The van der Waals surface area contributed by atoms with E-state index in [0.717, 1.165) is 51.6 Å². The second-order valence-corrected chi connectivity index (χ2v) is 7.24. The van der Waals surface area contributed by atoms with Crippen LogP contribution in [0.5, 0.6) is 0 Å². The molecule has 3 aliphatic rings. The third-order valence-electron chi connectivity index (χ3n) is 6.11. The highest BCUT2D eigenvalue weighted by Gasteiger charge is 2.52. The van der Waals surface area contributed by atoms with Gasteiger partial charge in [-0.2, -0.15) is 0 Å². The van der Waals surface area contributed by atoms with Crippen molar-refractivity contribution >= 4 is 11.8 Å². The number of fused-ring (bicyclic) bond motifs is 1. The minimum atomic E-state index is -0.0423. The highest BCUT2D eigenvalue weighted by Crippen LogP contribution is 2.48. The third-order valence-corrected chi connectivity index (χ3v) is 6.11. The number of rotatable bonds is 3. The number of likely N-dealkylation sites (tertiary alicyclic amines) is 2. The largest absolute Gasteiger partial charge is 0.396 e. The molecule has 0 spiro atoms. The van der Waals surface area contributed by atoms with E-state index in [9.17, 15) is 14.7 Å². The Bertz CT molecular complexity index is 453. The van der Waals surface area contributed by atoms with Crippen molar-refractivity contribution in [2.75, 3.05) is 26.2 Å². The molecule has 2 amide bonds. The molecule has 5 heteroatoms. The zero-order chi connectivity index (χ0) is 15.7. The average Bonchev–Trinajstić information content (AvgIpc) is 3.12. The summed E-state index contributed by atoms with van der Waals surface area (Å²) in [6, 6.07) is 0.224. The fourth-order valence-corrected chi connectivity index (χ4v) is 4.79. The van der Waals surface area contributed by atoms with E-state index in [1.807, 2.05) is 16.7 Å². The maximum absolute atomic E-state index is 13.0. The molecule has 3 atom stereocenters. The molecule has 0 aromatic heterocycles. The molecule has 0 radical (unpaired) electrons. The van der Waals surface area contributed by atoms with Gasteiger partial charge in [-0.25, -0.2) is 0 Å². The molecule has 0 aromatic carbocycles. The van der Waals surface area contributed by atoms with Crippen molar-refractivity contribution in [1.82, 2.24) is 9.80 Å². The second-order valence-electron chi connectivity index (χ2n) is 7.24. The summed E-state index contributed by atoms with van der Waals surface area (Å²) in [5, 5.41) is 9.79. The van der Waals surface area contributed by atoms with Crippen molar-refractivity contribution in [3.05, 3.63) is 0 Å². The molecule has 2 heterocycles. The standard InChI is InChI=1S/C17H28N2O3/c1-2-15(21)18-9-4-5-13(11-18)16(22)19-10-8-17(12-20)7-3-6-14(17)19/h13-14,20H,2-12H2,1H3/t13?,14-,17-/m1/s1.